The highest BCUT2D eigenvalue weighted by atomic mass is 32.2. The van der Waals surface area contributed by atoms with E-state index in [0.717, 1.165) is 24.7 Å². The molecule has 2 N–H and O–H groups in total. The summed E-state index contributed by atoms with van der Waals surface area (Å²) in [5.74, 6) is -0.0870. The monoisotopic (exact) mass is 386 g/mol. The molecule has 2 aromatic carbocycles. The summed E-state index contributed by atoms with van der Waals surface area (Å²) in [6.07, 6.45) is 3.04. The summed E-state index contributed by atoms with van der Waals surface area (Å²) in [5, 5.41) is 5.72. The topological polar surface area (TPSA) is 92.3 Å². The van der Waals surface area contributed by atoms with Gasteiger partial charge in [-0.3, -0.25) is 9.59 Å². The van der Waals surface area contributed by atoms with Crippen molar-refractivity contribution < 1.29 is 18.0 Å². The molecule has 6 nitrogen and oxygen atoms in total. The predicted octanol–water partition coefficient (Wildman–Crippen LogP) is 2.93. The zero-order valence-electron chi connectivity index (χ0n) is 15.2. The first-order chi connectivity index (χ1) is 12.7. The van der Waals surface area contributed by atoms with Gasteiger partial charge in [-0.1, -0.05) is 12.1 Å². The van der Waals surface area contributed by atoms with E-state index < -0.39 is 9.84 Å². The molecule has 27 heavy (non-hydrogen) atoms. The summed E-state index contributed by atoms with van der Waals surface area (Å²) in [5.41, 5.74) is 1.97. The lowest BCUT2D eigenvalue weighted by Gasteiger charge is -2.15. The quantitative estimate of drug-likeness (QED) is 0.798. The first-order valence-electron chi connectivity index (χ1n) is 8.76. The Morgan fingerprint density at radius 2 is 1.59 bits per heavy atom. The molecule has 1 fully saturated rings. The van der Waals surface area contributed by atoms with Gasteiger partial charge in [-0.2, -0.15) is 0 Å². The molecule has 0 heterocycles. The van der Waals surface area contributed by atoms with E-state index in [1.54, 1.807) is 36.4 Å². The molecule has 2 amide bonds. The number of benzene rings is 2. The Balaban J connectivity index is 1.61. The van der Waals surface area contributed by atoms with Crippen LogP contribution in [-0.2, 0) is 14.6 Å². The van der Waals surface area contributed by atoms with E-state index in [1.165, 1.54) is 12.1 Å². The van der Waals surface area contributed by atoms with Crippen molar-refractivity contribution in [2.24, 2.45) is 5.92 Å². The maximum absolute atomic E-state index is 12.4. The van der Waals surface area contributed by atoms with E-state index in [0.29, 0.717) is 11.3 Å². The van der Waals surface area contributed by atoms with E-state index in [4.69, 9.17) is 0 Å². The lowest BCUT2D eigenvalue weighted by molar-refractivity contribution is -0.117. The summed E-state index contributed by atoms with van der Waals surface area (Å²) < 4.78 is 23.0. The average molecular weight is 386 g/mol. The Morgan fingerprint density at radius 3 is 2.11 bits per heavy atom. The molecule has 2 aromatic rings. The largest absolute Gasteiger partial charge is 0.346 e. The number of hydrogen-bond acceptors (Lipinski definition) is 4. The average Bonchev–Trinajstić information content (AvgIpc) is 3.47. The lowest BCUT2D eigenvalue weighted by Crippen LogP contribution is -2.26. The summed E-state index contributed by atoms with van der Waals surface area (Å²) in [6, 6.07) is 12.9. The van der Waals surface area contributed by atoms with Gasteiger partial charge in [0.25, 0.3) is 5.91 Å². The van der Waals surface area contributed by atoms with Crippen molar-refractivity contribution in [2.75, 3.05) is 11.6 Å². The van der Waals surface area contributed by atoms with Gasteiger partial charge in [-0.05, 0) is 61.7 Å². The van der Waals surface area contributed by atoms with Crippen LogP contribution in [0.1, 0.15) is 41.7 Å². The van der Waals surface area contributed by atoms with Crippen LogP contribution < -0.4 is 10.6 Å². The van der Waals surface area contributed by atoms with Gasteiger partial charge in [-0.15, -0.1) is 0 Å². The normalized spacial score (nSPS) is 15.0. The maximum Gasteiger partial charge on any atom is 0.251 e. The fourth-order valence-corrected chi connectivity index (χ4v) is 3.29. The third-order valence-electron chi connectivity index (χ3n) is 4.52. The molecule has 3 rings (SSSR count). The molecule has 0 aliphatic heterocycles. The van der Waals surface area contributed by atoms with Gasteiger partial charge in [0.05, 0.1) is 10.9 Å². The van der Waals surface area contributed by atoms with Gasteiger partial charge in [0.15, 0.2) is 9.84 Å². The van der Waals surface area contributed by atoms with Gasteiger partial charge < -0.3 is 10.6 Å². The third kappa shape index (κ3) is 4.95. The van der Waals surface area contributed by atoms with Crippen molar-refractivity contribution in [1.29, 1.82) is 0 Å². The summed E-state index contributed by atoms with van der Waals surface area (Å²) in [4.78, 5) is 24.4. The first kappa shape index (κ1) is 19.1. The molecule has 0 saturated heterocycles. The Labute approximate surface area is 158 Å². The Kier molecular flexibility index (Phi) is 5.32. The van der Waals surface area contributed by atoms with Crippen molar-refractivity contribution >= 4 is 27.3 Å². The van der Waals surface area contributed by atoms with E-state index in [2.05, 4.69) is 10.6 Å². The van der Waals surface area contributed by atoms with Crippen molar-refractivity contribution in [3.63, 3.8) is 0 Å². The molecule has 1 aliphatic rings. The van der Waals surface area contributed by atoms with Gasteiger partial charge >= 0.3 is 0 Å². The third-order valence-corrected chi connectivity index (χ3v) is 5.65. The van der Waals surface area contributed by atoms with E-state index in [1.807, 2.05) is 6.92 Å². The molecule has 0 bridgehead atoms. The minimum atomic E-state index is -3.24. The van der Waals surface area contributed by atoms with Crippen LogP contribution >= 0.6 is 0 Å². The van der Waals surface area contributed by atoms with E-state index >= 15 is 0 Å². The number of carbonyl (C=O) groups excluding carboxylic acids is 2. The molecule has 0 radical (unpaired) electrons. The Hall–Kier alpha value is -2.67. The van der Waals surface area contributed by atoms with Gasteiger partial charge in [0.2, 0.25) is 5.91 Å². The smallest absolute Gasteiger partial charge is 0.251 e. The number of nitrogens with one attached hydrogen (secondary N) is 2. The van der Waals surface area contributed by atoms with Gasteiger partial charge in [0, 0.05) is 23.4 Å². The highest BCUT2D eigenvalue weighted by molar-refractivity contribution is 7.90. The minimum Gasteiger partial charge on any atom is -0.346 e. The fraction of sp³-hybridized carbons (Fsp3) is 0.300. The highest BCUT2D eigenvalue weighted by Gasteiger charge is 2.29. The summed E-state index contributed by atoms with van der Waals surface area (Å²) in [6.45, 7) is 1.83. The number of sulfone groups is 1. The molecule has 0 aromatic heterocycles. The molecule has 0 unspecified atom stereocenters. The van der Waals surface area contributed by atoms with Crippen molar-refractivity contribution in [3.05, 3.63) is 59.7 Å². The number of carbonyl (C=O) groups is 2. The van der Waals surface area contributed by atoms with Crippen molar-refractivity contribution in [3.8, 4) is 0 Å². The molecule has 1 saturated carbocycles. The van der Waals surface area contributed by atoms with Crippen LogP contribution in [0.4, 0.5) is 5.69 Å². The van der Waals surface area contributed by atoms with Gasteiger partial charge in [0.1, 0.15) is 0 Å². The maximum atomic E-state index is 12.4. The SMILES string of the molecule is C[C@H](NC(=O)c1ccc(NC(=O)C2CC2)cc1)c1ccc(S(C)(=O)=O)cc1. The van der Waals surface area contributed by atoms with Gasteiger partial charge in [-0.25, -0.2) is 8.42 Å². The van der Waals surface area contributed by atoms with Crippen LogP contribution in [0.2, 0.25) is 0 Å². The second-order valence-electron chi connectivity index (χ2n) is 6.88. The number of amides is 2. The van der Waals surface area contributed by atoms with Crippen LogP contribution in [0.25, 0.3) is 0 Å². The minimum absolute atomic E-state index is 0.0263. The molecule has 1 aliphatic carbocycles. The summed E-state index contributed by atoms with van der Waals surface area (Å²) >= 11 is 0. The van der Waals surface area contributed by atoms with Crippen LogP contribution in [0, 0.1) is 5.92 Å². The molecule has 0 spiro atoms. The predicted molar refractivity (Wildman–Crippen MR) is 103 cm³/mol. The zero-order chi connectivity index (χ0) is 19.6. The lowest BCUT2D eigenvalue weighted by atomic mass is 10.1. The van der Waals surface area contributed by atoms with Crippen molar-refractivity contribution in [1.82, 2.24) is 5.32 Å². The molecule has 142 valence electrons. The Morgan fingerprint density at radius 1 is 1.00 bits per heavy atom. The van der Waals surface area contributed by atoms with Crippen LogP contribution in [0.3, 0.4) is 0 Å². The highest BCUT2D eigenvalue weighted by Crippen LogP contribution is 2.30. The molecule has 7 heteroatoms. The second-order valence-corrected chi connectivity index (χ2v) is 8.89. The van der Waals surface area contributed by atoms with E-state index in [9.17, 15) is 18.0 Å². The van der Waals surface area contributed by atoms with Crippen molar-refractivity contribution in [2.45, 2.75) is 30.7 Å². The zero-order valence-corrected chi connectivity index (χ0v) is 16.0. The molecule has 1 atom stereocenters. The Bertz CT molecular complexity index is 946. The first-order valence-corrected chi connectivity index (χ1v) is 10.6. The van der Waals surface area contributed by atoms with Crippen LogP contribution in [0.5, 0.6) is 0 Å². The van der Waals surface area contributed by atoms with E-state index in [-0.39, 0.29) is 28.7 Å². The number of hydrogen-bond donors (Lipinski definition) is 2. The summed E-state index contributed by atoms with van der Waals surface area (Å²) in [7, 11) is -3.24. The fourth-order valence-electron chi connectivity index (χ4n) is 2.66. The van der Waals surface area contributed by atoms with Crippen LogP contribution in [-0.4, -0.2) is 26.5 Å². The second kappa shape index (κ2) is 7.52. The molecular formula is C20H22N2O4S. The number of rotatable bonds is 6. The standard InChI is InChI=1S/C20H22N2O4S/c1-13(14-7-11-18(12-8-14)27(2,25)26)21-19(23)16-5-9-17(10-6-16)22-20(24)15-3-4-15/h5-13,15H,3-4H2,1-2H3,(H,21,23)(H,22,24)/t13-/m0/s1. The number of anilines is 1. The van der Waals surface area contributed by atoms with Crippen LogP contribution in [0.15, 0.2) is 53.4 Å². The molecular weight excluding hydrogens is 364 g/mol.